The molecule has 4 aromatic rings. The molecule has 8 rings (SSSR count). The summed E-state index contributed by atoms with van der Waals surface area (Å²) in [6, 6.07) is 30.8. The highest BCUT2D eigenvalue weighted by Gasteiger charge is 2.66. The van der Waals surface area contributed by atoms with Crippen molar-refractivity contribution in [2.75, 3.05) is 61.3 Å². The highest BCUT2D eigenvalue weighted by Crippen LogP contribution is 2.60. The third-order valence-electron chi connectivity index (χ3n) is 12.6. The number of anilines is 3. The first-order chi connectivity index (χ1) is 28.5. The monoisotopic (exact) mass is 818 g/mol. The first-order valence-corrected chi connectivity index (χ1v) is 23.2. The Hall–Kier alpha value is -5.70. The normalized spacial score (nSPS) is 22.6. The van der Waals surface area contributed by atoms with Crippen molar-refractivity contribution < 1.29 is 43.2 Å². The van der Waals surface area contributed by atoms with Gasteiger partial charge in [0.05, 0.1) is 59.6 Å². The molecule has 0 saturated carbocycles. The van der Waals surface area contributed by atoms with Crippen molar-refractivity contribution in [2.24, 2.45) is 5.92 Å². The van der Waals surface area contributed by atoms with E-state index in [1.807, 2.05) is 84.9 Å². The number of methoxy groups -OCH3 is 1. The Bertz CT molecular complexity index is 2220. The zero-order chi connectivity index (χ0) is 41.5. The van der Waals surface area contributed by atoms with Crippen LogP contribution in [0.4, 0.5) is 26.7 Å². The Kier molecular flexibility index (Phi) is 11.0. The largest absolute Gasteiger partial charge is 0.497 e. The second kappa shape index (κ2) is 16.2. The number of carbonyl (C=O) groups excluding carboxylic acids is 4. The van der Waals surface area contributed by atoms with Crippen LogP contribution in [0.2, 0.25) is 18.6 Å². The number of ether oxygens (including phenoxy) is 4. The molecule has 4 heterocycles. The van der Waals surface area contributed by atoms with E-state index in [2.05, 4.69) is 32.2 Å². The molecule has 59 heavy (non-hydrogen) atoms. The third kappa shape index (κ3) is 7.23. The van der Waals surface area contributed by atoms with Crippen LogP contribution in [-0.2, 0) is 42.5 Å². The Morgan fingerprint density at radius 3 is 2.12 bits per heavy atom. The molecule has 0 aliphatic carbocycles. The molecule has 4 amide bonds. The van der Waals surface area contributed by atoms with Crippen molar-refractivity contribution in [1.82, 2.24) is 4.90 Å². The maximum Gasteiger partial charge on any atom is 0.414 e. The highest BCUT2D eigenvalue weighted by molar-refractivity contribution is 6.91. The number of carbonyl (C=O) groups is 4. The number of hydrogen-bond donors (Lipinski definition) is 1. The molecule has 0 radical (unpaired) electrons. The van der Waals surface area contributed by atoms with E-state index in [4.69, 9.17) is 18.9 Å². The van der Waals surface area contributed by atoms with Crippen LogP contribution in [0, 0.1) is 5.92 Å². The first kappa shape index (κ1) is 40.1. The van der Waals surface area contributed by atoms with Gasteiger partial charge in [0.15, 0.2) is 5.60 Å². The number of aliphatic hydroxyl groups excluding tert-OH is 1. The van der Waals surface area contributed by atoms with Gasteiger partial charge in [0.25, 0.3) is 5.91 Å². The van der Waals surface area contributed by atoms with E-state index in [1.165, 1.54) is 0 Å². The fraction of sp³-hybridized carbons (Fsp3) is 0.378. The van der Waals surface area contributed by atoms with Gasteiger partial charge < -0.3 is 33.9 Å². The molecular formula is C45H50N4O9Si. The van der Waals surface area contributed by atoms with Gasteiger partial charge in [-0.15, -0.1) is 0 Å². The lowest BCUT2D eigenvalue weighted by Crippen LogP contribution is -2.52. The summed E-state index contributed by atoms with van der Waals surface area (Å²) in [5.41, 5.74) is 2.65. The van der Waals surface area contributed by atoms with Crippen molar-refractivity contribution in [3.05, 3.63) is 114 Å². The highest BCUT2D eigenvalue weighted by atomic mass is 28.3. The molecule has 13 nitrogen and oxygen atoms in total. The average Bonchev–Trinajstić information content (AvgIpc) is 4.00. The predicted molar refractivity (Wildman–Crippen MR) is 225 cm³/mol. The van der Waals surface area contributed by atoms with Crippen LogP contribution >= 0.6 is 0 Å². The standard InChI is InChI=1S/C45H50N4O9Si/c1-30-41(59(3,4)36-17-15-35(55-2)16-18-36)39(27-40(51)46(20-23-50)28-31-8-6-5-7-9-31)58-45(30)37-26-34(48-22-25-57-44(48)54)14-19-38(37)49(42(45)52)29-32-10-12-33(13-11-32)47-21-24-56-43(47)53/h5-19,26,30,39,41,50H,20-25,27-29H2,1-4H3/t30-,39+,41-,45+/m0/s1. The van der Waals surface area contributed by atoms with Gasteiger partial charge in [0, 0.05) is 35.9 Å². The number of benzene rings is 4. The lowest BCUT2D eigenvalue weighted by atomic mass is 9.82. The molecule has 4 atom stereocenters. The SMILES string of the molecule is COc1ccc([Si](C)(C)[C@@H]2[C@@H](CC(=O)N(CCO)Cc3ccccc3)O[C@]3(C(=O)N(Cc4ccc(N5CCOC5=O)cc4)c4ccc(N5CCOC5=O)cc43)[C@H]2C)cc1. The number of rotatable bonds is 13. The van der Waals surface area contributed by atoms with Crippen LogP contribution in [0.1, 0.15) is 30.0 Å². The van der Waals surface area contributed by atoms with E-state index < -0.39 is 37.9 Å². The number of cyclic esters (lactones) is 2. The minimum atomic E-state index is -2.62. The van der Waals surface area contributed by atoms with Crippen molar-refractivity contribution in [3.8, 4) is 5.75 Å². The zero-order valence-corrected chi connectivity index (χ0v) is 34.8. The summed E-state index contributed by atoms with van der Waals surface area (Å²) < 4.78 is 23.2. The second-order valence-electron chi connectivity index (χ2n) is 16.2. The molecule has 308 valence electrons. The van der Waals surface area contributed by atoms with Crippen molar-refractivity contribution in [3.63, 3.8) is 0 Å². The van der Waals surface area contributed by atoms with Gasteiger partial charge in [-0.3, -0.25) is 19.4 Å². The van der Waals surface area contributed by atoms with Crippen LogP contribution in [0.5, 0.6) is 5.75 Å². The summed E-state index contributed by atoms with van der Waals surface area (Å²) in [6.07, 6.45) is -1.52. The zero-order valence-electron chi connectivity index (χ0n) is 33.8. The van der Waals surface area contributed by atoms with Crippen LogP contribution in [0.3, 0.4) is 0 Å². The summed E-state index contributed by atoms with van der Waals surface area (Å²) >= 11 is 0. The van der Waals surface area contributed by atoms with E-state index in [1.54, 1.807) is 26.7 Å². The van der Waals surface area contributed by atoms with E-state index in [-0.39, 0.29) is 50.1 Å². The maximum absolute atomic E-state index is 15.5. The second-order valence-corrected chi connectivity index (χ2v) is 20.9. The van der Waals surface area contributed by atoms with Crippen LogP contribution in [0.15, 0.2) is 97.1 Å². The van der Waals surface area contributed by atoms with Gasteiger partial charge in [0.2, 0.25) is 5.91 Å². The first-order valence-electron chi connectivity index (χ1n) is 20.1. The van der Waals surface area contributed by atoms with E-state index in [0.717, 1.165) is 22.1 Å². The molecule has 0 bridgehead atoms. The average molecular weight is 819 g/mol. The maximum atomic E-state index is 15.5. The van der Waals surface area contributed by atoms with Crippen molar-refractivity contribution >= 4 is 54.3 Å². The molecule has 14 heteroatoms. The molecule has 3 fully saturated rings. The van der Waals surface area contributed by atoms with Crippen LogP contribution in [0.25, 0.3) is 0 Å². The number of nitrogens with zero attached hydrogens (tertiary/aromatic N) is 4. The van der Waals surface area contributed by atoms with E-state index in [9.17, 15) is 19.5 Å². The third-order valence-corrected chi connectivity index (χ3v) is 16.9. The lowest BCUT2D eigenvalue weighted by Gasteiger charge is -2.37. The summed E-state index contributed by atoms with van der Waals surface area (Å²) in [4.78, 5) is 61.7. The van der Waals surface area contributed by atoms with Crippen molar-refractivity contribution in [1.29, 1.82) is 0 Å². The number of aliphatic hydroxyl groups is 1. The van der Waals surface area contributed by atoms with E-state index in [0.29, 0.717) is 48.9 Å². The van der Waals surface area contributed by atoms with Gasteiger partial charge in [-0.1, -0.05) is 79.8 Å². The molecule has 0 aromatic heterocycles. The topological polar surface area (TPSA) is 138 Å². The Labute approximate surface area is 345 Å². The minimum Gasteiger partial charge on any atom is -0.497 e. The fourth-order valence-corrected chi connectivity index (χ4v) is 13.6. The van der Waals surface area contributed by atoms with Gasteiger partial charge >= 0.3 is 12.2 Å². The molecule has 4 aromatic carbocycles. The predicted octanol–water partition coefficient (Wildman–Crippen LogP) is 5.78. The van der Waals surface area contributed by atoms with Gasteiger partial charge in [0.1, 0.15) is 19.0 Å². The quantitative estimate of drug-likeness (QED) is 0.167. The smallest absolute Gasteiger partial charge is 0.414 e. The summed E-state index contributed by atoms with van der Waals surface area (Å²) in [7, 11) is -0.985. The van der Waals surface area contributed by atoms with Gasteiger partial charge in [-0.2, -0.15) is 0 Å². The summed E-state index contributed by atoms with van der Waals surface area (Å²) in [6.45, 7) is 8.49. The molecule has 1 spiro atoms. The number of fused-ring (bicyclic) bond motifs is 2. The van der Waals surface area contributed by atoms with E-state index >= 15 is 4.79 Å². The Morgan fingerprint density at radius 2 is 1.51 bits per heavy atom. The fourth-order valence-electron chi connectivity index (χ4n) is 9.56. The molecule has 4 aliphatic heterocycles. The lowest BCUT2D eigenvalue weighted by molar-refractivity contribution is -0.150. The molecule has 0 unspecified atom stereocenters. The minimum absolute atomic E-state index is 0.00265. The number of hydrogen-bond acceptors (Lipinski definition) is 9. The summed E-state index contributed by atoms with van der Waals surface area (Å²) in [5, 5.41) is 11.2. The molecular weight excluding hydrogens is 769 g/mol. The Morgan fingerprint density at radius 1 is 0.864 bits per heavy atom. The number of amides is 4. The van der Waals surface area contributed by atoms with Crippen LogP contribution in [-0.4, -0.2) is 94.7 Å². The van der Waals surface area contributed by atoms with Gasteiger partial charge in [-0.25, -0.2) is 9.59 Å². The Balaban J connectivity index is 1.21. The molecule has 4 aliphatic rings. The van der Waals surface area contributed by atoms with Crippen molar-refractivity contribution in [2.45, 2.75) is 56.8 Å². The molecule has 1 N–H and O–H groups in total. The summed E-state index contributed by atoms with van der Waals surface area (Å²) in [5.74, 6) is -0.107. The van der Waals surface area contributed by atoms with Gasteiger partial charge in [-0.05, 0) is 59.1 Å². The molecule has 3 saturated heterocycles. The van der Waals surface area contributed by atoms with Crippen LogP contribution < -0.4 is 24.6 Å².